The molecule has 28 heavy (non-hydrogen) atoms. The van der Waals surface area contributed by atoms with E-state index in [4.69, 9.17) is 4.74 Å². The maximum absolute atomic E-state index is 13.3. The maximum atomic E-state index is 13.3. The van der Waals surface area contributed by atoms with E-state index >= 15 is 0 Å². The molecule has 0 unspecified atom stereocenters. The fourth-order valence-corrected chi connectivity index (χ4v) is 4.38. The molecule has 1 heterocycles. The molecule has 0 saturated heterocycles. The normalized spacial score (nSPS) is 15.1. The van der Waals surface area contributed by atoms with E-state index in [0.29, 0.717) is 22.8 Å². The van der Waals surface area contributed by atoms with Gasteiger partial charge >= 0.3 is 5.97 Å². The minimum absolute atomic E-state index is 0.130. The Kier molecular flexibility index (Phi) is 4.85. The number of fused-ring (bicyclic) bond motifs is 1. The molecule has 0 atom stereocenters. The van der Waals surface area contributed by atoms with Crippen molar-refractivity contribution in [2.75, 3.05) is 11.9 Å². The first-order chi connectivity index (χ1) is 13.5. The van der Waals surface area contributed by atoms with Gasteiger partial charge in [0.1, 0.15) is 5.82 Å². The lowest BCUT2D eigenvalue weighted by Crippen LogP contribution is -2.46. The van der Waals surface area contributed by atoms with Gasteiger partial charge in [-0.3, -0.25) is 4.79 Å². The third-order valence-corrected chi connectivity index (χ3v) is 6.09. The smallest absolute Gasteiger partial charge is 0.338 e. The highest BCUT2D eigenvalue weighted by molar-refractivity contribution is 7.22. The van der Waals surface area contributed by atoms with Crippen LogP contribution in [-0.2, 0) is 14.9 Å². The number of hydrogen-bond donors (Lipinski definition) is 1. The van der Waals surface area contributed by atoms with Crippen LogP contribution in [0, 0.1) is 5.82 Å². The lowest BCUT2D eigenvalue weighted by molar-refractivity contribution is -0.124. The Morgan fingerprint density at radius 1 is 1.21 bits per heavy atom. The van der Waals surface area contributed by atoms with Crippen LogP contribution in [0.5, 0.6) is 0 Å². The van der Waals surface area contributed by atoms with Crippen molar-refractivity contribution in [2.24, 2.45) is 0 Å². The molecule has 1 aromatic heterocycles. The van der Waals surface area contributed by atoms with E-state index in [1.54, 1.807) is 37.3 Å². The third-order valence-electron chi connectivity index (χ3n) is 5.16. The van der Waals surface area contributed by atoms with Gasteiger partial charge in [0.2, 0.25) is 5.91 Å². The van der Waals surface area contributed by atoms with E-state index in [9.17, 15) is 14.0 Å². The van der Waals surface area contributed by atoms with E-state index in [-0.39, 0.29) is 17.7 Å². The molecule has 3 aromatic rings. The Balaban J connectivity index is 1.57. The molecule has 1 amide bonds. The number of anilines is 1. The molecule has 0 aliphatic heterocycles. The summed E-state index contributed by atoms with van der Waals surface area (Å²) in [6.45, 7) is 2.07. The number of carbonyl (C=O) groups excluding carboxylic acids is 2. The van der Waals surface area contributed by atoms with Crippen molar-refractivity contribution in [1.82, 2.24) is 4.98 Å². The quantitative estimate of drug-likeness (QED) is 0.634. The molecule has 2 aromatic carbocycles. The molecule has 7 heteroatoms. The van der Waals surface area contributed by atoms with Crippen LogP contribution in [0.3, 0.4) is 0 Å². The monoisotopic (exact) mass is 398 g/mol. The number of nitrogens with one attached hydrogen (secondary N) is 1. The molecule has 5 nitrogen and oxygen atoms in total. The first kappa shape index (κ1) is 18.6. The summed E-state index contributed by atoms with van der Waals surface area (Å²) in [4.78, 5) is 29.4. The fraction of sp³-hybridized carbons (Fsp3) is 0.286. The summed E-state index contributed by atoms with van der Waals surface area (Å²) in [7, 11) is 0. The number of amides is 1. The predicted octanol–water partition coefficient (Wildman–Crippen LogP) is 4.67. The number of nitrogens with zero attached hydrogens (tertiary/aromatic N) is 1. The fourth-order valence-electron chi connectivity index (χ4n) is 3.48. The molecule has 0 bridgehead atoms. The Bertz CT molecular complexity index is 1040. The van der Waals surface area contributed by atoms with Crippen LogP contribution >= 0.6 is 11.3 Å². The Hall–Kier alpha value is -2.80. The highest BCUT2D eigenvalue weighted by atomic mass is 32.1. The average Bonchev–Trinajstić information content (AvgIpc) is 3.03. The first-order valence-electron chi connectivity index (χ1n) is 9.17. The average molecular weight is 398 g/mol. The van der Waals surface area contributed by atoms with Crippen molar-refractivity contribution in [2.45, 2.75) is 31.6 Å². The number of hydrogen-bond acceptors (Lipinski definition) is 5. The predicted molar refractivity (Wildman–Crippen MR) is 106 cm³/mol. The second-order valence-electron chi connectivity index (χ2n) is 6.82. The van der Waals surface area contributed by atoms with Gasteiger partial charge in [-0.15, -0.1) is 0 Å². The molecule has 144 valence electrons. The van der Waals surface area contributed by atoms with Gasteiger partial charge in [-0.05, 0) is 55.7 Å². The lowest BCUT2D eigenvalue weighted by atomic mass is 9.64. The van der Waals surface area contributed by atoms with Crippen LogP contribution in [0.1, 0.15) is 42.1 Å². The highest BCUT2D eigenvalue weighted by Gasteiger charge is 2.45. The molecule has 1 N–H and O–H groups in total. The Morgan fingerprint density at radius 2 is 1.96 bits per heavy atom. The van der Waals surface area contributed by atoms with Crippen LogP contribution in [0.2, 0.25) is 0 Å². The maximum Gasteiger partial charge on any atom is 0.338 e. The van der Waals surface area contributed by atoms with Gasteiger partial charge < -0.3 is 10.1 Å². The number of esters is 1. The number of halogens is 1. The number of aromatic nitrogens is 1. The number of benzene rings is 2. The topological polar surface area (TPSA) is 68.3 Å². The van der Waals surface area contributed by atoms with Crippen molar-refractivity contribution >= 4 is 38.6 Å². The van der Waals surface area contributed by atoms with Crippen LogP contribution in [-0.4, -0.2) is 23.5 Å². The van der Waals surface area contributed by atoms with Crippen LogP contribution < -0.4 is 5.32 Å². The van der Waals surface area contributed by atoms with Crippen LogP contribution in [0.15, 0.2) is 42.5 Å². The zero-order chi connectivity index (χ0) is 19.7. The molecule has 0 radical (unpaired) electrons. The first-order valence-corrected chi connectivity index (χ1v) is 9.99. The van der Waals surface area contributed by atoms with Crippen molar-refractivity contribution in [3.8, 4) is 0 Å². The summed E-state index contributed by atoms with van der Waals surface area (Å²) in [6.07, 6.45) is 2.40. The number of carbonyl (C=O) groups is 2. The van der Waals surface area contributed by atoms with Crippen LogP contribution in [0.4, 0.5) is 9.52 Å². The van der Waals surface area contributed by atoms with E-state index in [2.05, 4.69) is 10.3 Å². The summed E-state index contributed by atoms with van der Waals surface area (Å²) < 4.78 is 19.1. The zero-order valence-corrected chi connectivity index (χ0v) is 16.1. The minimum atomic E-state index is -0.637. The molecule has 0 spiro atoms. The number of rotatable bonds is 5. The molecular formula is C21H19FN2O3S. The van der Waals surface area contributed by atoms with Crippen molar-refractivity contribution in [3.05, 3.63) is 59.4 Å². The summed E-state index contributed by atoms with van der Waals surface area (Å²) in [5.41, 5.74) is 1.35. The molecule has 1 aliphatic carbocycles. The largest absolute Gasteiger partial charge is 0.462 e. The molecule has 1 saturated carbocycles. The summed E-state index contributed by atoms with van der Waals surface area (Å²) in [5.74, 6) is -0.828. The van der Waals surface area contributed by atoms with Gasteiger partial charge in [0.15, 0.2) is 5.13 Å². The summed E-state index contributed by atoms with van der Waals surface area (Å²) in [5, 5.41) is 3.40. The Morgan fingerprint density at radius 3 is 2.61 bits per heavy atom. The number of ether oxygens (including phenoxy) is 1. The van der Waals surface area contributed by atoms with Gasteiger partial charge in [-0.25, -0.2) is 14.2 Å². The van der Waals surface area contributed by atoms with Gasteiger partial charge in [0.25, 0.3) is 0 Å². The van der Waals surface area contributed by atoms with E-state index in [0.717, 1.165) is 29.5 Å². The zero-order valence-electron chi connectivity index (χ0n) is 15.3. The van der Waals surface area contributed by atoms with E-state index in [1.165, 1.54) is 23.5 Å². The molecule has 1 aliphatic rings. The number of thiazole rings is 1. The summed E-state index contributed by atoms with van der Waals surface area (Å²) in [6, 6.07) is 11.3. The second-order valence-corrected chi connectivity index (χ2v) is 7.85. The summed E-state index contributed by atoms with van der Waals surface area (Å²) >= 11 is 1.31. The molecular weight excluding hydrogens is 379 g/mol. The highest BCUT2D eigenvalue weighted by Crippen LogP contribution is 2.45. The minimum Gasteiger partial charge on any atom is -0.462 e. The van der Waals surface area contributed by atoms with Gasteiger partial charge in [0, 0.05) is 0 Å². The second kappa shape index (κ2) is 7.31. The lowest BCUT2D eigenvalue weighted by Gasteiger charge is -2.40. The SMILES string of the molecule is CCOC(=O)c1ccc2nc(NC(=O)C3(c4ccc(F)cc4)CCC3)sc2c1. The van der Waals surface area contributed by atoms with E-state index in [1.807, 2.05) is 0 Å². The molecule has 4 rings (SSSR count). The van der Waals surface area contributed by atoms with Crippen molar-refractivity contribution in [3.63, 3.8) is 0 Å². The standard InChI is InChI=1S/C21H19FN2O3S/c1-2-27-18(25)13-4-9-16-17(12-13)28-20(23-16)24-19(26)21(10-3-11-21)14-5-7-15(22)8-6-14/h4-9,12H,2-3,10-11H2,1H3,(H,23,24,26). The van der Waals surface area contributed by atoms with E-state index < -0.39 is 5.41 Å². The van der Waals surface area contributed by atoms with Crippen molar-refractivity contribution in [1.29, 1.82) is 0 Å². The molecule has 1 fully saturated rings. The van der Waals surface area contributed by atoms with Crippen molar-refractivity contribution < 1.29 is 18.7 Å². The van der Waals surface area contributed by atoms with Crippen LogP contribution in [0.25, 0.3) is 10.2 Å². The van der Waals surface area contributed by atoms with Gasteiger partial charge in [-0.1, -0.05) is 29.9 Å². The third kappa shape index (κ3) is 3.26. The van der Waals surface area contributed by atoms with Gasteiger partial charge in [0.05, 0.1) is 27.8 Å². The van der Waals surface area contributed by atoms with Gasteiger partial charge in [-0.2, -0.15) is 0 Å². The Labute approximate surface area is 165 Å².